The maximum absolute atomic E-state index is 14.1. The van der Waals surface area contributed by atoms with Crippen molar-refractivity contribution < 1.29 is 40.2 Å². The molecule has 0 radical (unpaired) electrons. The SMILES string of the molecule is [2H]C([2H])(C#C)N(C1c2ccccc2CC1[18F])S(=O)(=O)[O-].[2H]C([2H])(C#C)N(C1c2ccccc2CC1[19F])S(=O)(=O)[O-].[CH3+].[CH3+]. The van der Waals surface area contributed by atoms with Crippen molar-refractivity contribution in [2.45, 2.75) is 37.3 Å². The van der Waals surface area contributed by atoms with Gasteiger partial charge in [-0.15, -0.1) is 12.8 Å². The number of alkyl halides is 2. The molecule has 0 saturated heterocycles. The van der Waals surface area contributed by atoms with Gasteiger partial charge in [-0.3, -0.25) is 0 Å². The molecule has 8 nitrogen and oxygen atoms in total. The molecule has 0 heterocycles. The lowest BCUT2D eigenvalue weighted by Gasteiger charge is -2.30. The maximum atomic E-state index is 14.1. The van der Waals surface area contributed by atoms with Crippen LogP contribution < -0.4 is 0 Å². The standard InChI is InChI=1S/2C12H12FNO3S.2CH3/c2*1-2-7-14(18(15,16)17)12-10-6-4-3-5-9(10)8-11(12)13;;/h2*1,3-6,11-12H,7-8H2,(H,15,16,17);2*1H3/q;;2*+1/p-2/i7D2,13+0;7D2,13-1;;. The van der Waals surface area contributed by atoms with Gasteiger partial charge < -0.3 is 9.11 Å². The summed E-state index contributed by atoms with van der Waals surface area (Å²) in [6, 6.07) is 9.47. The highest BCUT2D eigenvalue weighted by Gasteiger charge is 2.40. The molecule has 2 aromatic carbocycles. The lowest BCUT2D eigenvalue weighted by molar-refractivity contribution is 0.194. The number of halogens is 2. The molecule has 204 valence electrons. The van der Waals surface area contributed by atoms with Crippen LogP contribution in [-0.4, -0.2) is 59.9 Å². The van der Waals surface area contributed by atoms with Crippen molar-refractivity contribution in [1.82, 2.24) is 8.61 Å². The van der Waals surface area contributed by atoms with Gasteiger partial charge in [-0.1, -0.05) is 60.4 Å². The summed E-state index contributed by atoms with van der Waals surface area (Å²) < 4.78 is 126. The van der Waals surface area contributed by atoms with Crippen LogP contribution in [0.3, 0.4) is 0 Å². The van der Waals surface area contributed by atoms with Gasteiger partial charge in [0.1, 0.15) is 12.3 Å². The van der Waals surface area contributed by atoms with Crippen LogP contribution in [0.2, 0.25) is 0 Å². The number of benzene rings is 2. The number of hydrogen-bond donors (Lipinski definition) is 0. The highest BCUT2D eigenvalue weighted by atomic mass is 32.2. The monoisotopic (exact) mass is 569 g/mol. The van der Waals surface area contributed by atoms with E-state index < -0.39 is 58.0 Å². The van der Waals surface area contributed by atoms with E-state index in [1.807, 2.05) is 0 Å². The van der Waals surface area contributed by atoms with Crippen molar-refractivity contribution in [3.05, 3.63) is 85.6 Å². The largest absolute Gasteiger partial charge is 0.735 e. The summed E-state index contributed by atoms with van der Waals surface area (Å²) in [6.45, 7) is -5.79. The van der Waals surface area contributed by atoms with E-state index in [4.69, 9.17) is 18.3 Å². The second-order valence-electron chi connectivity index (χ2n) is 7.75. The van der Waals surface area contributed by atoms with E-state index in [0.717, 1.165) is 0 Å². The normalized spacial score (nSPS) is 23.9. The Hall–Kier alpha value is -3.10. The quantitative estimate of drug-likeness (QED) is 0.300. The van der Waals surface area contributed by atoms with Crippen LogP contribution in [0, 0.1) is 39.5 Å². The van der Waals surface area contributed by atoms with Crippen molar-refractivity contribution in [2.24, 2.45) is 0 Å². The fourth-order valence-electron chi connectivity index (χ4n) is 4.25. The average molecular weight is 570 g/mol. The van der Waals surface area contributed by atoms with E-state index in [-0.39, 0.29) is 47.4 Å². The van der Waals surface area contributed by atoms with Crippen LogP contribution in [0.25, 0.3) is 0 Å². The maximum Gasteiger partial charge on any atom is 0.163 e. The van der Waals surface area contributed by atoms with E-state index in [1.54, 1.807) is 48.2 Å². The van der Waals surface area contributed by atoms with Crippen LogP contribution in [-0.2, 0) is 33.4 Å². The van der Waals surface area contributed by atoms with E-state index >= 15 is 0 Å². The van der Waals surface area contributed by atoms with Crippen LogP contribution in [0.5, 0.6) is 0 Å². The Bertz CT molecular complexity index is 1460. The highest BCUT2D eigenvalue weighted by molar-refractivity contribution is 7.83. The van der Waals surface area contributed by atoms with Gasteiger partial charge in [0, 0.05) is 27.7 Å². The van der Waals surface area contributed by atoms with Crippen molar-refractivity contribution in [3.63, 3.8) is 0 Å². The minimum absolute atomic E-state index is 0. The van der Waals surface area contributed by atoms with Crippen molar-refractivity contribution in [2.75, 3.05) is 13.0 Å². The van der Waals surface area contributed by atoms with E-state index in [1.165, 1.54) is 12.1 Å². The Labute approximate surface area is 230 Å². The van der Waals surface area contributed by atoms with E-state index in [2.05, 4.69) is 0 Å². The first-order valence-electron chi connectivity index (χ1n) is 12.3. The molecule has 12 heteroatoms. The van der Waals surface area contributed by atoms with Gasteiger partial charge in [0.05, 0.1) is 30.6 Å². The van der Waals surface area contributed by atoms with Gasteiger partial charge in [0.25, 0.3) is 0 Å². The van der Waals surface area contributed by atoms with Gasteiger partial charge in [-0.25, -0.2) is 25.6 Å². The molecule has 2 aromatic rings. The molecule has 4 unspecified atom stereocenters. The van der Waals surface area contributed by atoms with Gasteiger partial charge in [0.2, 0.25) is 0 Å². The molecule has 0 fully saturated rings. The second kappa shape index (κ2) is 13.1. The molecule has 2 aliphatic rings. The Balaban J connectivity index is 0.000000401. The number of fused-ring (bicyclic) bond motifs is 2. The molecule has 38 heavy (non-hydrogen) atoms. The minimum Gasteiger partial charge on any atom is -0.735 e. The first-order valence-corrected chi connectivity index (χ1v) is 13.0. The molecular weight excluding hydrogens is 537 g/mol. The molecule has 0 saturated carbocycles. The highest BCUT2D eigenvalue weighted by Crippen LogP contribution is 2.39. The Morgan fingerprint density at radius 1 is 0.789 bits per heavy atom. The summed E-state index contributed by atoms with van der Waals surface area (Å²) in [5, 5.41) is 0. The Kier molecular flexibility index (Phi) is 9.15. The number of rotatable bonds is 6. The van der Waals surface area contributed by atoms with Gasteiger partial charge in [-0.05, 0) is 22.3 Å². The first kappa shape index (κ1) is 26.5. The summed E-state index contributed by atoms with van der Waals surface area (Å²) in [4.78, 5) is 0. The smallest absolute Gasteiger partial charge is 0.163 e. The lowest BCUT2D eigenvalue weighted by Crippen LogP contribution is -2.37. The molecule has 4 atom stereocenters. The van der Waals surface area contributed by atoms with Crippen LogP contribution >= 0.6 is 0 Å². The Morgan fingerprint density at radius 3 is 1.39 bits per heavy atom. The predicted octanol–water partition coefficient (Wildman–Crippen LogP) is 2.94. The van der Waals surface area contributed by atoms with Crippen molar-refractivity contribution in [1.29, 1.82) is 0 Å². The van der Waals surface area contributed by atoms with Gasteiger partial charge in [0.15, 0.2) is 20.6 Å². The molecule has 0 bridgehead atoms. The number of terminal acetylenes is 2. The predicted molar refractivity (Wildman–Crippen MR) is 139 cm³/mol. The summed E-state index contributed by atoms with van der Waals surface area (Å²) in [6.07, 6.45) is 6.26. The van der Waals surface area contributed by atoms with E-state index in [9.17, 15) is 34.7 Å². The minimum atomic E-state index is -5.27. The zero-order valence-corrected chi connectivity index (χ0v) is 22.0. The number of nitrogens with zero attached hydrogens (tertiary/aromatic N) is 2. The fourth-order valence-corrected chi connectivity index (χ4v) is 5.63. The molecule has 0 aromatic heterocycles. The van der Waals surface area contributed by atoms with Crippen LogP contribution in [0.1, 0.15) is 39.8 Å². The third-order valence-corrected chi connectivity index (χ3v) is 7.20. The lowest BCUT2D eigenvalue weighted by atomic mass is 10.1. The first-order chi connectivity index (χ1) is 18.4. The molecular formula is C26H28F2N2O6S2. The summed E-state index contributed by atoms with van der Waals surface area (Å²) >= 11 is 0. The molecule has 0 amide bonds. The Morgan fingerprint density at radius 2 is 1.11 bits per heavy atom. The fraction of sp³-hybridized carbons (Fsp3) is 0.308. The van der Waals surface area contributed by atoms with Crippen molar-refractivity contribution in [3.8, 4) is 24.7 Å². The second-order valence-corrected chi connectivity index (χ2v) is 10.2. The van der Waals surface area contributed by atoms with Crippen LogP contribution in [0.15, 0.2) is 48.5 Å². The average Bonchev–Trinajstić information content (AvgIpc) is 3.33. The van der Waals surface area contributed by atoms with Crippen molar-refractivity contribution >= 4 is 20.6 Å². The number of hydrogen-bond acceptors (Lipinski definition) is 6. The van der Waals surface area contributed by atoms with Gasteiger partial charge >= 0.3 is 0 Å². The van der Waals surface area contributed by atoms with Crippen LogP contribution in [0.4, 0.5) is 8.78 Å². The topological polar surface area (TPSA) is 121 Å². The van der Waals surface area contributed by atoms with E-state index in [0.29, 0.717) is 11.1 Å². The molecule has 0 spiro atoms. The summed E-state index contributed by atoms with van der Waals surface area (Å²) in [5.74, 6) is 3.18. The zero-order valence-electron chi connectivity index (χ0n) is 24.4. The molecule has 2 aliphatic carbocycles. The van der Waals surface area contributed by atoms with Gasteiger partial charge in [-0.2, -0.15) is 8.61 Å². The third-order valence-electron chi connectivity index (χ3n) is 5.60. The molecule has 4 rings (SSSR count). The third kappa shape index (κ3) is 7.05. The summed E-state index contributed by atoms with van der Waals surface area (Å²) in [7, 11) is -10.5. The molecule has 0 aliphatic heterocycles. The summed E-state index contributed by atoms with van der Waals surface area (Å²) in [5.41, 5.74) is 1.59. The molecule has 0 N–H and O–H groups in total. The zero-order chi connectivity index (χ0) is 30.3.